The summed E-state index contributed by atoms with van der Waals surface area (Å²) in [5.41, 5.74) is 1.76. The number of hydrogen-bond acceptors (Lipinski definition) is 4. The predicted molar refractivity (Wildman–Crippen MR) is 118 cm³/mol. The second-order valence-electron chi connectivity index (χ2n) is 9.86. The molecular weight excluding hydrogens is 378 g/mol. The molecule has 0 radical (unpaired) electrons. The van der Waals surface area contributed by atoms with E-state index in [0.717, 1.165) is 16.8 Å². The van der Waals surface area contributed by atoms with E-state index in [-0.39, 0.29) is 17.0 Å². The Balaban J connectivity index is 1.92. The van der Waals surface area contributed by atoms with Crippen molar-refractivity contribution < 1.29 is 14.0 Å². The third kappa shape index (κ3) is 2.78. The number of fused-ring (bicyclic) bond motifs is 3. The second-order valence-corrected chi connectivity index (χ2v) is 14.6. The Labute approximate surface area is 174 Å². The molecule has 0 bridgehead atoms. The van der Waals surface area contributed by atoms with E-state index in [1.54, 1.807) is 0 Å². The van der Waals surface area contributed by atoms with Crippen LogP contribution in [0.1, 0.15) is 44.4 Å². The number of ether oxygens (including phenoxy) is 1. The lowest BCUT2D eigenvalue weighted by Crippen LogP contribution is -2.49. The molecule has 0 amide bonds. The van der Waals surface area contributed by atoms with Gasteiger partial charge in [-0.05, 0) is 29.8 Å². The van der Waals surface area contributed by atoms with Crippen LogP contribution in [0.25, 0.3) is 0 Å². The molecule has 4 nitrogen and oxygen atoms in total. The Hall–Kier alpha value is -2.11. The van der Waals surface area contributed by atoms with E-state index < -0.39 is 19.3 Å². The smallest absolute Gasteiger partial charge is 0.317 e. The first-order valence-corrected chi connectivity index (χ1v) is 13.2. The highest BCUT2D eigenvalue weighted by Gasteiger charge is 2.81. The van der Waals surface area contributed by atoms with Gasteiger partial charge >= 0.3 is 5.97 Å². The van der Waals surface area contributed by atoms with Gasteiger partial charge in [0.25, 0.3) is 0 Å². The van der Waals surface area contributed by atoms with Crippen molar-refractivity contribution in [2.75, 3.05) is 12.4 Å². The zero-order valence-corrected chi connectivity index (χ0v) is 19.2. The van der Waals surface area contributed by atoms with Crippen molar-refractivity contribution in [3.63, 3.8) is 0 Å². The number of nitrogens with one attached hydrogen (secondary N) is 1. The highest BCUT2D eigenvalue weighted by molar-refractivity contribution is 6.74. The summed E-state index contributed by atoms with van der Waals surface area (Å²) in [4.78, 5) is 13.3. The second kappa shape index (κ2) is 6.44. The molecule has 2 aromatic rings. The number of rotatable bonds is 4. The monoisotopic (exact) mass is 409 g/mol. The van der Waals surface area contributed by atoms with Crippen LogP contribution in [-0.4, -0.2) is 21.4 Å². The van der Waals surface area contributed by atoms with Gasteiger partial charge in [-0.2, -0.15) is 0 Å². The van der Waals surface area contributed by atoms with Crippen molar-refractivity contribution in [1.29, 1.82) is 0 Å². The van der Waals surface area contributed by atoms with Crippen LogP contribution < -0.4 is 5.32 Å². The van der Waals surface area contributed by atoms with E-state index in [1.165, 1.54) is 7.11 Å². The lowest BCUT2D eigenvalue weighted by atomic mass is 9.80. The van der Waals surface area contributed by atoms with Gasteiger partial charge in [-0.15, -0.1) is 0 Å². The quantitative estimate of drug-likeness (QED) is 0.525. The Morgan fingerprint density at radius 3 is 2.31 bits per heavy atom. The molecule has 1 saturated carbocycles. The Bertz CT molecular complexity index is 937. The summed E-state index contributed by atoms with van der Waals surface area (Å²) in [5.74, 6) is -0.202. The summed E-state index contributed by atoms with van der Waals surface area (Å²) >= 11 is 0. The number of carbonyl (C=O) groups excluding carboxylic acids is 1. The molecule has 154 valence electrons. The molecule has 0 aromatic heterocycles. The Morgan fingerprint density at radius 2 is 1.69 bits per heavy atom. The Kier molecular flexibility index (Phi) is 4.48. The number of methoxy groups -OCH3 is 1. The molecule has 3 atom stereocenters. The van der Waals surface area contributed by atoms with Crippen LogP contribution in [0.4, 0.5) is 5.69 Å². The number of hydrogen-bond donors (Lipinski definition) is 1. The molecule has 1 aliphatic heterocycles. The first-order chi connectivity index (χ1) is 13.6. The van der Waals surface area contributed by atoms with Crippen molar-refractivity contribution in [3.8, 4) is 0 Å². The molecule has 4 rings (SSSR count). The number of carbonyl (C=O) groups is 1. The van der Waals surface area contributed by atoms with Crippen molar-refractivity contribution >= 4 is 20.0 Å². The van der Waals surface area contributed by atoms with Gasteiger partial charge in [-0.1, -0.05) is 69.3 Å². The van der Waals surface area contributed by atoms with Crippen LogP contribution in [0, 0.1) is 5.41 Å². The topological polar surface area (TPSA) is 47.6 Å². The molecule has 1 N–H and O–H groups in total. The van der Waals surface area contributed by atoms with Crippen LogP contribution in [0.3, 0.4) is 0 Å². The fourth-order valence-electron chi connectivity index (χ4n) is 4.58. The molecule has 1 fully saturated rings. The molecule has 29 heavy (non-hydrogen) atoms. The maximum absolute atomic E-state index is 13.3. The minimum absolute atomic E-state index is 0.0360. The lowest BCUT2D eigenvalue weighted by Gasteiger charge is -2.45. The van der Waals surface area contributed by atoms with E-state index in [0.29, 0.717) is 6.42 Å². The van der Waals surface area contributed by atoms with Gasteiger partial charge in [0.2, 0.25) is 0 Å². The number of benzene rings is 2. The summed E-state index contributed by atoms with van der Waals surface area (Å²) in [7, 11) is -0.682. The first kappa shape index (κ1) is 20.2. The van der Waals surface area contributed by atoms with E-state index in [4.69, 9.17) is 9.16 Å². The molecule has 5 heteroatoms. The zero-order chi connectivity index (χ0) is 21.1. The maximum atomic E-state index is 13.3. The summed E-state index contributed by atoms with van der Waals surface area (Å²) < 4.78 is 12.5. The normalized spacial score (nSPS) is 28.0. The third-order valence-corrected chi connectivity index (χ3v) is 11.7. The summed E-state index contributed by atoms with van der Waals surface area (Å²) in [6.07, 6.45) is 0.628. The standard InChI is InChI=1S/C24H31NO3Si/c1-22(2,3)29(5,6)28-24-16-23(24,21(26)27-4)20(17-12-8-7-9-13-17)25-19-15-11-10-14-18(19)24/h7-15,20,25H,16H2,1-6H3/t20-,23+,24+/m0/s1. The maximum Gasteiger partial charge on any atom is 0.317 e. The molecule has 0 saturated heterocycles. The van der Waals surface area contributed by atoms with Crippen LogP contribution in [0.2, 0.25) is 18.1 Å². The first-order valence-electron chi connectivity index (χ1n) is 10.3. The highest BCUT2D eigenvalue weighted by atomic mass is 28.4. The molecule has 2 aliphatic rings. The Morgan fingerprint density at radius 1 is 1.07 bits per heavy atom. The van der Waals surface area contributed by atoms with Crippen LogP contribution in [0.15, 0.2) is 54.6 Å². The number of esters is 1. The van der Waals surface area contributed by atoms with Crippen molar-refractivity contribution in [2.45, 2.75) is 57.0 Å². The predicted octanol–water partition coefficient (Wildman–Crippen LogP) is 5.63. The van der Waals surface area contributed by atoms with E-state index >= 15 is 0 Å². The van der Waals surface area contributed by atoms with Crippen molar-refractivity contribution in [1.82, 2.24) is 0 Å². The van der Waals surface area contributed by atoms with Gasteiger partial charge in [0.15, 0.2) is 8.32 Å². The third-order valence-electron chi connectivity index (χ3n) is 7.20. The van der Waals surface area contributed by atoms with E-state index in [1.807, 2.05) is 30.3 Å². The van der Waals surface area contributed by atoms with Gasteiger partial charge in [0, 0.05) is 17.7 Å². The van der Waals surface area contributed by atoms with E-state index in [2.05, 4.69) is 63.4 Å². The lowest BCUT2D eigenvalue weighted by molar-refractivity contribution is -0.151. The largest absolute Gasteiger partial charge is 0.468 e. The molecule has 2 aromatic carbocycles. The highest BCUT2D eigenvalue weighted by Crippen LogP contribution is 2.76. The number of anilines is 1. The van der Waals surface area contributed by atoms with Crippen molar-refractivity contribution in [2.24, 2.45) is 5.41 Å². The molecule has 1 heterocycles. The molecule has 1 aliphatic carbocycles. The van der Waals surface area contributed by atoms with Crippen LogP contribution in [0.5, 0.6) is 0 Å². The minimum Gasteiger partial charge on any atom is -0.468 e. The molecular formula is C24H31NO3Si. The SMILES string of the molecule is COC(=O)[C@]12C[C@@]1(O[Si](C)(C)C(C)(C)C)c1ccccc1N[C@H]2c1ccccc1. The molecule has 0 unspecified atom stereocenters. The van der Waals surface area contributed by atoms with Gasteiger partial charge in [0.1, 0.15) is 11.0 Å². The van der Waals surface area contributed by atoms with Crippen molar-refractivity contribution in [3.05, 3.63) is 65.7 Å². The van der Waals surface area contributed by atoms with Gasteiger partial charge < -0.3 is 14.5 Å². The van der Waals surface area contributed by atoms with Gasteiger partial charge in [-0.25, -0.2) is 0 Å². The summed E-state index contributed by atoms with van der Waals surface area (Å²) in [5, 5.41) is 3.68. The van der Waals surface area contributed by atoms with Gasteiger partial charge in [-0.3, -0.25) is 4.79 Å². The minimum atomic E-state index is -2.16. The summed E-state index contributed by atoms with van der Waals surface area (Å²) in [6.45, 7) is 11.2. The fourth-order valence-corrected chi connectivity index (χ4v) is 6.12. The average Bonchev–Trinajstić information content (AvgIpc) is 3.37. The fraction of sp³-hybridized carbons (Fsp3) is 0.458. The van der Waals surface area contributed by atoms with E-state index in [9.17, 15) is 4.79 Å². The summed E-state index contributed by atoms with van der Waals surface area (Å²) in [6, 6.07) is 18.2. The van der Waals surface area contributed by atoms with Gasteiger partial charge in [0.05, 0.1) is 13.2 Å². The average molecular weight is 410 g/mol. The van der Waals surface area contributed by atoms with Crippen LogP contribution in [-0.2, 0) is 19.6 Å². The molecule has 0 spiro atoms. The number of para-hydroxylation sites is 1. The zero-order valence-electron chi connectivity index (χ0n) is 18.2. The van der Waals surface area contributed by atoms with Crippen LogP contribution >= 0.6 is 0 Å².